The molecule has 1 heterocycles. The molecule has 0 radical (unpaired) electrons. The van der Waals surface area contributed by atoms with Crippen molar-refractivity contribution < 1.29 is 17.9 Å². The van der Waals surface area contributed by atoms with Crippen LogP contribution in [0.25, 0.3) is 0 Å². The zero-order valence-electron chi connectivity index (χ0n) is 10.3. The van der Waals surface area contributed by atoms with Crippen LogP contribution in [0.1, 0.15) is 40.0 Å². The molecule has 1 atom stereocenters. The molecule has 1 aliphatic rings. The Morgan fingerprint density at radius 1 is 1.35 bits per heavy atom. The van der Waals surface area contributed by atoms with E-state index in [1.807, 2.05) is 0 Å². The van der Waals surface area contributed by atoms with E-state index < -0.39 is 26.8 Å². The Kier molecular flexibility index (Phi) is 4.43. The van der Waals surface area contributed by atoms with Gasteiger partial charge in [-0.05, 0) is 40.0 Å². The summed E-state index contributed by atoms with van der Waals surface area (Å²) in [5, 5.41) is 0. The molecule has 0 aliphatic carbocycles. The molecule has 1 rings (SSSR count). The van der Waals surface area contributed by atoms with Gasteiger partial charge >= 0.3 is 15.2 Å². The third-order valence-electron chi connectivity index (χ3n) is 2.41. The average Bonchev–Trinajstić information content (AvgIpc) is 2.13. The maximum absolute atomic E-state index is 11.9. The molecule has 1 aliphatic heterocycles. The SMILES string of the molecule is CC(C)(C)OC(=O)C1CCCCN1S(=O)(=O)Cl. The first-order chi connectivity index (χ1) is 7.61. The van der Waals surface area contributed by atoms with Gasteiger partial charge in [-0.25, -0.2) is 0 Å². The summed E-state index contributed by atoms with van der Waals surface area (Å²) in [5.41, 5.74) is -0.629. The van der Waals surface area contributed by atoms with Crippen molar-refractivity contribution >= 4 is 25.9 Å². The fourth-order valence-electron chi connectivity index (χ4n) is 1.77. The second kappa shape index (κ2) is 5.12. The van der Waals surface area contributed by atoms with Crippen molar-refractivity contribution in [2.75, 3.05) is 6.54 Å². The fourth-order valence-corrected chi connectivity index (χ4v) is 3.11. The molecule has 17 heavy (non-hydrogen) atoms. The van der Waals surface area contributed by atoms with Gasteiger partial charge < -0.3 is 4.74 Å². The Bertz CT molecular complexity index is 388. The monoisotopic (exact) mass is 283 g/mol. The number of hydrogen-bond donors (Lipinski definition) is 0. The normalized spacial score (nSPS) is 23.4. The Morgan fingerprint density at radius 3 is 2.41 bits per heavy atom. The van der Waals surface area contributed by atoms with Crippen molar-refractivity contribution in [2.24, 2.45) is 0 Å². The summed E-state index contributed by atoms with van der Waals surface area (Å²) in [6.45, 7) is 5.50. The van der Waals surface area contributed by atoms with Crippen molar-refractivity contribution in [3.05, 3.63) is 0 Å². The zero-order valence-corrected chi connectivity index (χ0v) is 11.8. The fraction of sp³-hybridized carbons (Fsp3) is 0.900. The van der Waals surface area contributed by atoms with Gasteiger partial charge in [0.25, 0.3) is 0 Å². The predicted molar refractivity (Wildman–Crippen MR) is 65.0 cm³/mol. The van der Waals surface area contributed by atoms with Crippen LogP contribution in [0.15, 0.2) is 0 Å². The van der Waals surface area contributed by atoms with E-state index in [9.17, 15) is 13.2 Å². The van der Waals surface area contributed by atoms with Crippen molar-refractivity contribution in [1.29, 1.82) is 0 Å². The van der Waals surface area contributed by atoms with Crippen LogP contribution in [0, 0.1) is 0 Å². The molecule has 0 aromatic rings. The maximum atomic E-state index is 11.9. The van der Waals surface area contributed by atoms with Gasteiger partial charge in [-0.3, -0.25) is 4.79 Å². The maximum Gasteiger partial charge on any atom is 0.325 e. The number of esters is 1. The highest BCUT2D eigenvalue weighted by molar-refractivity contribution is 8.11. The van der Waals surface area contributed by atoms with Gasteiger partial charge in [0.05, 0.1) is 0 Å². The lowest BCUT2D eigenvalue weighted by atomic mass is 10.0. The van der Waals surface area contributed by atoms with E-state index in [1.54, 1.807) is 20.8 Å². The Balaban J connectivity index is 2.82. The molecule has 0 amide bonds. The molecular weight excluding hydrogens is 266 g/mol. The summed E-state index contributed by atoms with van der Waals surface area (Å²) in [6.07, 6.45) is 1.97. The van der Waals surface area contributed by atoms with Gasteiger partial charge in [-0.1, -0.05) is 0 Å². The van der Waals surface area contributed by atoms with Crippen LogP contribution in [-0.2, 0) is 18.8 Å². The van der Waals surface area contributed by atoms with E-state index in [0.717, 1.165) is 10.7 Å². The number of nitrogens with zero attached hydrogens (tertiary/aromatic N) is 1. The second-order valence-corrected chi connectivity index (χ2v) is 7.56. The molecule has 0 aromatic carbocycles. The first-order valence-electron chi connectivity index (χ1n) is 5.55. The molecule has 5 nitrogen and oxygen atoms in total. The molecule has 100 valence electrons. The van der Waals surface area contributed by atoms with Crippen LogP contribution in [0.3, 0.4) is 0 Å². The predicted octanol–water partition coefficient (Wildman–Crippen LogP) is 1.67. The number of piperidine rings is 1. The van der Waals surface area contributed by atoms with E-state index >= 15 is 0 Å². The van der Waals surface area contributed by atoms with E-state index in [2.05, 4.69) is 0 Å². The molecular formula is C10H18ClNO4S. The molecule has 0 saturated carbocycles. The van der Waals surface area contributed by atoms with Crippen molar-refractivity contribution in [3.8, 4) is 0 Å². The number of carbonyl (C=O) groups excluding carboxylic acids is 1. The van der Waals surface area contributed by atoms with Gasteiger partial charge in [0, 0.05) is 17.2 Å². The van der Waals surface area contributed by atoms with Crippen LogP contribution < -0.4 is 0 Å². The summed E-state index contributed by atoms with van der Waals surface area (Å²) in [4.78, 5) is 11.9. The standard InChI is InChI=1S/C10H18ClNO4S/c1-10(2,3)16-9(13)8-6-4-5-7-12(8)17(11,14)15/h8H,4-7H2,1-3H3. The summed E-state index contributed by atoms with van der Waals surface area (Å²) >= 11 is 0. The molecule has 0 bridgehead atoms. The highest BCUT2D eigenvalue weighted by atomic mass is 35.7. The molecule has 7 heteroatoms. The number of halogens is 1. The Morgan fingerprint density at radius 2 is 1.94 bits per heavy atom. The summed E-state index contributed by atoms with van der Waals surface area (Å²) < 4.78 is 28.9. The van der Waals surface area contributed by atoms with Crippen LogP contribution >= 0.6 is 10.7 Å². The lowest BCUT2D eigenvalue weighted by Crippen LogP contribution is -2.48. The van der Waals surface area contributed by atoms with E-state index in [4.69, 9.17) is 15.4 Å². The van der Waals surface area contributed by atoms with Crippen molar-refractivity contribution in [1.82, 2.24) is 4.31 Å². The molecule has 1 unspecified atom stereocenters. The number of rotatable bonds is 2. The summed E-state index contributed by atoms with van der Waals surface area (Å²) in [6, 6.07) is -0.787. The number of ether oxygens (including phenoxy) is 1. The van der Waals surface area contributed by atoms with E-state index in [0.29, 0.717) is 12.8 Å². The minimum Gasteiger partial charge on any atom is -0.459 e. The Hall–Kier alpha value is -0.330. The quantitative estimate of drug-likeness (QED) is 0.571. The topological polar surface area (TPSA) is 63.7 Å². The lowest BCUT2D eigenvalue weighted by Gasteiger charge is -2.32. The largest absolute Gasteiger partial charge is 0.459 e. The van der Waals surface area contributed by atoms with Crippen molar-refractivity contribution in [3.63, 3.8) is 0 Å². The summed E-state index contributed by atoms with van der Waals surface area (Å²) in [7, 11) is 1.44. The van der Waals surface area contributed by atoms with Crippen LogP contribution in [0.4, 0.5) is 0 Å². The van der Waals surface area contributed by atoms with Gasteiger partial charge in [-0.15, -0.1) is 0 Å². The number of hydrogen-bond acceptors (Lipinski definition) is 4. The van der Waals surface area contributed by atoms with Gasteiger partial charge in [-0.2, -0.15) is 12.7 Å². The highest BCUT2D eigenvalue weighted by Gasteiger charge is 2.38. The summed E-state index contributed by atoms with van der Waals surface area (Å²) in [5.74, 6) is -0.526. The second-order valence-electron chi connectivity index (χ2n) is 5.10. The molecule has 0 N–H and O–H groups in total. The first kappa shape index (κ1) is 14.7. The lowest BCUT2D eigenvalue weighted by molar-refractivity contribution is -0.160. The van der Waals surface area contributed by atoms with E-state index in [-0.39, 0.29) is 6.54 Å². The van der Waals surface area contributed by atoms with Gasteiger partial charge in [0.1, 0.15) is 11.6 Å². The van der Waals surface area contributed by atoms with Gasteiger partial charge in [0.2, 0.25) is 0 Å². The smallest absolute Gasteiger partial charge is 0.325 e. The molecule has 0 spiro atoms. The van der Waals surface area contributed by atoms with E-state index in [1.165, 1.54) is 0 Å². The van der Waals surface area contributed by atoms with Crippen molar-refractivity contribution in [2.45, 2.75) is 51.7 Å². The Labute approximate surface area is 107 Å². The molecule has 1 fully saturated rings. The van der Waals surface area contributed by atoms with Gasteiger partial charge in [0.15, 0.2) is 0 Å². The minimum absolute atomic E-state index is 0.274. The van der Waals surface area contributed by atoms with Crippen LogP contribution in [-0.4, -0.2) is 36.9 Å². The minimum atomic E-state index is -3.87. The highest BCUT2D eigenvalue weighted by Crippen LogP contribution is 2.24. The first-order valence-corrected chi connectivity index (χ1v) is 7.82. The van der Waals surface area contributed by atoms with Crippen LogP contribution in [0.2, 0.25) is 0 Å². The third kappa shape index (κ3) is 4.44. The third-order valence-corrected chi connectivity index (χ3v) is 3.94. The number of carbonyl (C=O) groups is 1. The zero-order chi connectivity index (χ0) is 13.3. The average molecular weight is 284 g/mol. The van der Waals surface area contributed by atoms with Crippen LogP contribution in [0.5, 0.6) is 0 Å². The molecule has 1 saturated heterocycles. The molecule has 0 aromatic heterocycles.